The van der Waals surface area contributed by atoms with Crippen LogP contribution in [0.3, 0.4) is 0 Å². The maximum atomic E-state index is 5.61. The van der Waals surface area contributed by atoms with Crippen molar-refractivity contribution in [2.24, 2.45) is 5.73 Å². The molecule has 0 saturated carbocycles. The summed E-state index contributed by atoms with van der Waals surface area (Å²) in [6.45, 7) is 2.61. The molecule has 4 heteroatoms. The minimum absolute atomic E-state index is 0.551. The van der Waals surface area contributed by atoms with Crippen LogP contribution in [0.4, 0.5) is 0 Å². The molecule has 0 atom stereocenters. The molecule has 0 spiro atoms. The van der Waals surface area contributed by atoms with Crippen LogP contribution in [0.1, 0.15) is 11.1 Å². The van der Waals surface area contributed by atoms with Crippen LogP contribution in [0.25, 0.3) is 5.69 Å². The van der Waals surface area contributed by atoms with Gasteiger partial charge >= 0.3 is 0 Å². The van der Waals surface area contributed by atoms with Gasteiger partial charge in [0.05, 0.1) is 16.4 Å². The fourth-order valence-electron chi connectivity index (χ4n) is 1.46. The van der Waals surface area contributed by atoms with E-state index in [1.165, 1.54) is 5.56 Å². The second-order valence-electron chi connectivity index (χ2n) is 3.43. The number of aryl methyl sites for hydroxylation is 1. The largest absolute Gasteiger partial charge is 0.326 e. The lowest BCUT2D eigenvalue weighted by atomic mass is 10.1. The van der Waals surface area contributed by atoms with Crippen LogP contribution in [0.5, 0.6) is 0 Å². The van der Waals surface area contributed by atoms with Crippen LogP contribution in [-0.2, 0) is 6.54 Å². The number of rotatable bonds is 2. The molecule has 0 fully saturated rings. The first-order chi connectivity index (χ1) is 7.20. The molecular formula is C11H12BrN3. The number of halogens is 1. The van der Waals surface area contributed by atoms with Gasteiger partial charge in [0.15, 0.2) is 0 Å². The number of benzene rings is 1. The molecule has 78 valence electrons. The molecule has 3 nitrogen and oxygen atoms in total. The Kier molecular flexibility index (Phi) is 2.88. The monoisotopic (exact) mass is 265 g/mol. The van der Waals surface area contributed by atoms with E-state index in [4.69, 9.17) is 5.73 Å². The number of nitrogens with two attached hydrogens (primary N) is 1. The predicted molar refractivity (Wildman–Crippen MR) is 63.9 cm³/mol. The standard InChI is InChI=1S/C11H12BrN3/c1-8-2-3-9(5-13)4-11(8)15-7-10(12)6-14-15/h2-4,6-7H,5,13H2,1H3. The van der Waals surface area contributed by atoms with E-state index >= 15 is 0 Å². The summed E-state index contributed by atoms with van der Waals surface area (Å²) in [4.78, 5) is 0. The molecule has 15 heavy (non-hydrogen) atoms. The highest BCUT2D eigenvalue weighted by Gasteiger charge is 2.03. The van der Waals surface area contributed by atoms with Gasteiger partial charge in [0, 0.05) is 12.7 Å². The molecule has 0 amide bonds. The van der Waals surface area contributed by atoms with Crippen molar-refractivity contribution in [1.82, 2.24) is 9.78 Å². The fraction of sp³-hybridized carbons (Fsp3) is 0.182. The van der Waals surface area contributed by atoms with Gasteiger partial charge < -0.3 is 5.73 Å². The van der Waals surface area contributed by atoms with E-state index in [0.717, 1.165) is 15.7 Å². The lowest BCUT2D eigenvalue weighted by molar-refractivity contribution is 0.868. The summed E-state index contributed by atoms with van der Waals surface area (Å²) in [7, 11) is 0. The third-order valence-electron chi connectivity index (χ3n) is 2.31. The average Bonchev–Trinajstić information content (AvgIpc) is 2.65. The van der Waals surface area contributed by atoms with E-state index in [0.29, 0.717) is 6.54 Å². The third kappa shape index (κ3) is 2.11. The molecule has 1 aromatic carbocycles. The van der Waals surface area contributed by atoms with E-state index < -0.39 is 0 Å². The minimum atomic E-state index is 0.551. The number of hydrogen-bond acceptors (Lipinski definition) is 2. The Balaban J connectivity index is 2.51. The number of hydrogen-bond donors (Lipinski definition) is 1. The quantitative estimate of drug-likeness (QED) is 0.907. The van der Waals surface area contributed by atoms with Gasteiger partial charge in [-0.3, -0.25) is 0 Å². The van der Waals surface area contributed by atoms with E-state index in [2.05, 4.69) is 40.1 Å². The molecule has 2 N–H and O–H groups in total. The molecule has 0 radical (unpaired) electrons. The number of aromatic nitrogens is 2. The first-order valence-corrected chi connectivity index (χ1v) is 5.50. The molecule has 2 aromatic rings. The Labute approximate surface area is 97.0 Å². The second-order valence-corrected chi connectivity index (χ2v) is 4.34. The highest BCUT2D eigenvalue weighted by Crippen LogP contribution is 2.17. The molecule has 0 bridgehead atoms. The molecule has 1 aromatic heterocycles. The van der Waals surface area contributed by atoms with Crippen molar-refractivity contribution in [3.63, 3.8) is 0 Å². The summed E-state index contributed by atoms with van der Waals surface area (Å²) >= 11 is 3.38. The lowest BCUT2D eigenvalue weighted by Crippen LogP contribution is -2.01. The van der Waals surface area contributed by atoms with Crippen molar-refractivity contribution in [3.05, 3.63) is 46.2 Å². The highest BCUT2D eigenvalue weighted by atomic mass is 79.9. The summed E-state index contributed by atoms with van der Waals surface area (Å²) in [6, 6.07) is 6.17. The molecule has 0 aliphatic rings. The van der Waals surface area contributed by atoms with Crippen LogP contribution in [0.2, 0.25) is 0 Å². The average molecular weight is 266 g/mol. The molecular weight excluding hydrogens is 254 g/mol. The Morgan fingerprint density at radius 3 is 2.87 bits per heavy atom. The van der Waals surface area contributed by atoms with Gasteiger partial charge in [-0.25, -0.2) is 4.68 Å². The molecule has 0 saturated heterocycles. The van der Waals surface area contributed by atoms with Crippen molar-refractivity contribution in [1.29, 1.82) is 0 Å². The fourth-order valence-corrected chi connectivity index (χ4v) is 1.75. The highest BCUT2D eigenvalue weighted by molar-refractivity contribution is 9.10. The van der Waals surface area contributed by atoms with E-state index in [1.54, 1.807) is 6.20 Å². The minimum Gasteiger partial charge on any atom is -0.326 e. The first kappa shape index (κ1) is 10.4. The van der Waals surface area contributed by atoms with Gasteiger partial charge in [-0.05, 0) is 40.0 Å². The maximum Gasteiger partial charge on any atom is 0.0678 e. The van der Waals surface area contributed by atoms with E-state index in [1.807, 2.05) is 16.9 Å². The van der Waals surface area contributed by atoms with Crippen LogP contribution >= 0.6 is 15.9 Å². The predicted octanol–water partition coefficient (Wildman–Crippen LogP) is 2.40. The van der Waals surface area contributed by atoms with Crippen molar-refractivity contribution in [2.75, 3.05) is 0 Å². The van der Waals surface area contributed by atoms with Crippen molar-refractivity contribution >= 4 is 15.9 Å². The molecule has 2 rings (SSSR count). The Bertz CT molecular complexity index is 476. The lowest BCUT2D eigenvalue weighted by Gasteiger charge is -2.07. The van der Waals surface area contributed by atoms with Crippen LogP contribution in [0.15, 0.2) is 35.1 Å². The smallest absolute Gasteiger partial charge is 0.0678 e. The van der Waals surface area contributed by atoms with Crippen molar-refractivity contribution in [3.8, 4) is 5.69 Å². The summed E-state index contributed by atoms with van der Waals surface area (Å²) < 4.78 is 2.82. The zero-order valence-electron chi connectivity index (χ0n) is 8.44. The normalized spacial score (nSPS) is 10.6. The summed E-state index contributed by atoms with van der Waals surface area (Å²) in [5.74, 6) is 0. The molecule has 0 aliphatic carbocycles. The summed E-state index contributed by atoms with van der Waals surface area (Å²) in [6.07, 6.45) is 3.71. The molecule has 0 unspecified atom stereocenters. The molecule has 0 aliphatic heterocycles. The van der Waals surface area contributed by atoms with Gasteiger partial charge in [-0.1, -0.05) is 12.1 Å². The summed E-state index contributed by atoms with van der Waals surface area (Å²) in [5, 5.41) is 4.25. The Morgan fingerprint density at radius 1 is 1.47 bits per heavy atom. The van der Waals surface area contributed by atoms with E-state index in [-0.39, 0.29) is 0 Å². The van der Waals surface area contributed by atoms with E-state index in [9.17, 15) is 0 Å². The van der Waals surface area contributed by atoms with Gasteiger partial charge in [0.1, 0.15) is 0 Å². The third-order valence-corrected chi connectivity index (χ3v) is 2.72. The SMILES string of the molecule is Cc1ccc(CN)cc1-n1cc(Br)cn1. The first-order valence-electron chi connectivity index (χ1n) is 4.71. The Hall–Kier alpha value is -1.13. The zero-order valence-corrected chi connectivity index (χ0v) is 10.0. The molecule has 1 heterocycles. The van der Waals surface area contributed by atoms with Crippen LogP contribution in [-0.4, -0.2) is 9.78 Å². The number of nitrogens with zero attached hydrogens (tertiary/aromatic N) is 2. The maximum absolute atomic E-state index is 5.61. The van der Waals surface area contributed by atoms with Crippen LogP contribution < -0.4 is 5.73 Å². The topological polar surface area (TPSA) is 43.8 Å². The summed E-state index contributed by atoms with van der Waals surface area (Å²) in [5.41, 5.74) is 8.98. The van der Waals surface area contributed by atoms with Gasteiger partial charge in [0.2, 0.25) is 0 Å². The van der Waals surface area contributed by atoms with Gasteiger partial charge in [0.25, 0.3) is 0 Å². The Morgan fingerprint density at radius 2 is 2.27 bits per heavy atom. The second kappa shape index (κ2) is 4.16. The zero-order chi connectivity index (χ0) is 10.8. The van der Waals surface area contributed by atoms with Crippen LogP contribution in [0, 0.1) is 6.92 Å². The van der Waals surface area contributed by atoms with Crippen molar-refractivity contribution < 1.29 is 0 Å². The van der Waals surface area contributed by atoms with Gasteiger partial charge in [-0.15, -0.1) is 0 Å². The van der Waals surface area contributed by atoms with Gasteiger partial charge in [-0.2, -0.15) is 5.10 Å². The van der Waals surface area contributed by atoms with Crippen molar-refractivity contribution in [2.45, 2.75) is 13.5 Å².